The van der Waals surface area contributed by atoms with Crippen molar-refractivity contribution in [1.29, 1.82) is 0 Å². The zero-order valence-electron chi connectivity index (χ0n) is 44.1. The van der Waals surface area contributed by atoms with E-state index >= 15 is 0 Å². The van der Waals surface area contributed by atoms with Gasteiger partial charge in [-0.2, -0.15) is 0 Å². The summed E-state index contributed by atoms with van der Waals surface area (Å²) in [6, 6.07) is 16.4. The monoisotopic (exact) mass is 911 g/mol. The molecule has 2 N–H and O–H groups in total. The molecule has 8 bridgehead atoms. The van der Waals surface area contributed by atoms with Crippen LogP contribution in [0.15, 0.2) is 48.5 Å². The maximum absolute atomic E-state index is 5.91. The van der Waals surface area contributed by atoms with E-state index in [9.17, 15) is 0 Å². The zero-order valence-corrected chi connectivity index (χ0v) is 44.1. The highest BCUT2D eigenvalue weighted by Gasteiger charge is 2.41. The molecule has 0 unspecified atom stereocenters. The van der Waals surface area contributed by atoms with Crippen molar-refractivity contribution < 1.29 is 0 Å². The summed E-state index contributed by atoms with van der Waals surface area (Å²) in [7, 11) is 16.9. The Morgan fingerprint density at radius 2 is 0.559 bits per heavy atom. The largest absolute Gasteiger partial charge is 0.375 e. The summed E-state index contributed by atoms with van der Waals surface area (Å²) in [6.45, 7) is 28.2. The number of nitrogens with one attached hydrogen (secondary N) is 2. The molecule has 3 aromatic heterocycles. The van der Waals surface area contributed by atoms with Crippen LogP contribution < -0.4 is 19.6 Å². The van der Waals surface area contributed by atoms with Crippen molar-refractivity contribution in [2.24, 2.45) is 0 Å². The normalized spacial score (nSPS) is 13.0. The number of benzene rings is 4. The predicted molar refractivity (Wildman–Crippen MR) is 288 cm³/mol. The van der Waals surface area contributed by atoms with Gasteiger partial charge in [0.2, 0.25) is 0 Å². The Hall–Kier alpha value is -6.56. The van der Waals surface area contributed by atoms with Gasteiger partial charge in [-0.1, -0.05) is 132 Å². The van der Waals surface area contributed by atoms with E-state index in [4.69, 9.17) is 29.9 Å². The van der Waals surface area contributed by atoms with Crippen LogP contribution in [0.3, 0.4) is 0 Å². The average molecular weight is 911 g/mol. The lowest BCUT2D eigenvalue weighted by molar-refractivity contribution is 0.482. The topological polar surface area (TPSA) is 122 Å². The second-order valence-corrected chi connectivity index (χ2v) is 23.7. The molecule has 0 radical (unpaired) electrons. The van der Waals surface area contributed by atoms with Gasteiger partial charge in [-0.15, -0.1) is 0 Å². The third kappa shape index (κ3) is 7.24. The molecule has 9 rings (SSSR count). The van der Waals surface area contributed by atoms with Crippen molar-refractivity contribution in [1.82, 2.24) is 39.9 Å². The van der Waals surface area contributed by atoms with Gasteiger partial charge in [-0.3, -0.25) is 0 Å². The first-order valence-electron chi connectivity index (χ1n) is 23.8. The Bertz CT molecular complexity index is 3390. The highest BCUT2D eigenvalue weighted by molar-refractivity contribution is 6.25. The summed E-state index contributed by atoms with van der Waals surface area (Å²) in [5.41, 5.74) is 14.6. The summed E-state index contributed by atoms with van der Waals surface area (Å²) in [5, 5.41) is 4.01. The molecule has 12 heteroatoms. The van der Waals surface area contributed by atoms with Gasteiger partial charge in [0.05, 0.1) is 33.5 Å². The van der Waals surface area contributed by atoms with E-state index in [1.165, 1.54) is 22.3 Å². The molecule has 7 aromatic rings. The Kier molecular flexibility index (Phi) is 10.6. The Labute approximate surface area is 402 Å². The summed E-state index contributed by atoms with van der Waals surface area (Å²) in [5.74, 6) is 2.25. The minimum atomic E-state index is -0.317. The molecular weight excluding hydrogens is 841 g/mol. The van der Waals surface area contributed by atoms with E-state index in [1.54, 1.807) is 0 Å². The van der Waals surface area contributed by atoms with Crippen LogP contribution >= 0.6 is 0 Å². The van der Waals surface area contributed by atoms with Crippen LogP contribution in [-0.4, -0.2) is 96.3 Å². The maximum atomic E-state index is 5.91. The van der Waals surface area contributed by atoms with E-state index in [-0.39, 0.29) is 21.7 Å². The zero-order chi connectivity index (χ0) is 49.5. The van der Waals surface area contributed by atoms with Crippen LogP contribution in [0.25, 0.3) is 89.7 Å². The number of aromatic amines is 2. The van der Waals surface area contributed by atoms with E-state index in [0.717, 1.165) is 72.2 Å². The number of aromatic nitrogens is 8. The van der Waals surface area contributed by atoms with Gasteiger partial charge in [0, 0.05) is 89.4 Å². The standard InChI is InChI=1S/C56H70N12/c1-53(2,3)37-33-34(38(54(4,5)6)40(56(10,11)12)39(37)55(7,8)9)50-62-49(33)60-47-31-27-23-21-25-29(31)45(58-47)57-46-30-26-22-24-28-32(30)48(59-46)61-51-35-36(52(63-50)64-51)42(66(15)16)44(68(19)20)43(67(17)18)41(35)65(13)14/h21-28H,1-20H3,(H2,57,58,59,60,61,62,63,64). The summed E-state index contributed by atoms with van der Waals surface area (Å²) in [4.78, 5) is 49.5. The van der Waals surface area contributed by atoms with Gasteiger partial charge in [0.25, 0.3) is 0 Å². The summed E-state index contributed by atoms with van der Waals surface area (Å²) in [6.07, 6.45) is 0. The van der Waals surface area contributed by atoms with Crippen molar-refractivity contribution in [2.75, 3.05) is 76.0 Å². The van der Waals surface area contributed by atoms with Gasteiger partial charge in [-0.25, -0.2) is 29.9 Å². The van der Waals surface area contributed by atoms with Gasteiger partial charge in [0.15, 0.2) is 23.3 Å². The fourth-order valence-corrected chi connectivity index (χ4v) is 10.9. The molecule has 0 atom stereocenters. The van der Waals surface area contributed by atoms with Crippen LogP contribution in [-0.2, 0) is 21.7 Å². The van der Waals surface area contributed by atoms with Crippen molar-refractivity contribution in [2.45, 2.75) is 105 Å². The molecule has 0 fully saturated rings. The van der Waals surface area contributed by atoms with Crippen LogP contribution in [0.1, 0.15) is 105 Å². The number of hydrogen-bond donors (Lipinski definition) is 2. The van der Waals surface area contributed by atoms with Crippen molar-refractivity contribution >= 4 is 66.9 Å². The smallest absolute Gasteiger partial charge is 0.164 e. The van der Waals surface area contributed by atoms with Gasteiger partial charge in [-0.05, 0) is 43.9 Å². The SMILES string of the molecule is CN(C)c1c(N(C)C)c(N(C)C)c2c3nc4[nH]c(nc5nc(nc6nc(nc([nH]3)c2c1N(C)C)-c1ccccc1-6)-c1ccccc1-5)c1c(C(C)(C)C)c(C(C)(C)C)c(C(C)(C)C)c(C(C)(C)C)c41. The highest BCUT2D eigenvalue weighted by atomic mass is 15.2. The predicted octanol–water partition coefficient (Wildman–Crippen LogP) is 12.3. The third-order valence-electron chi connectivity index (χ3n) is 13.2. The second-order valence-electron chi connectivity index (χ2n) is 23.7. The summed E-state index contributed by atoms with van der Waals surface area (Å²) < 4.78 is 0. The first-order chi connectivity index (χ1) is 31.6. The van der Waals surface area contributed by atoms with Crippen LogP contribution in [0.2, 0.25) is 0 Å². The van der Waals surface area contributed by atoms with Crippen LogP contribution in [0.5, 0.6) is 0 Å². The van der Waals surface area contributed by atoms with Gasteiger partial charge in [0.1, 0.15) is 22.6 Å². The Balaban J connectivity index is 1.70. The van der Waals surface area contributed by atoms with Crippen LogP contribution in [0.4, 0.5) is 22.7 Å². The maximum Gasteiger partial charge on any atom is 0.164 e. The molecule has 2 aliphatic heterocycles. The molecule has 68 heavy (non-hydrogen) atoms. The van der Waals surface area contributed by atoms with Crippen molar-refractivity contribution in [3.63, 3.8) is 0 Å². The molecule has 0 aliphatic carbocycles. The minimum Gasteiger partial charge on any atom is -0.375 e. The lowest BCUT2D eigenvalue weighted by atomic mass is 9.63. The molecule has 4 aromatic carbocycles. The van der Waals surface area contributed by atoms with Crippen LogP contribution in [0, 0.1) is 0 Å². The number of hydrogen-bond acceptors (Lipinski definition) is 10. The van der Waals surface area contributed by atoms with E-state index in [0.29, 0.717) is 40.2 Å². The minimum absolute atomic E-state index is 0.228. The van der Waals surface area contributed by atoms with Crippen molar-refractivity contribution in [3.8, 4) is 45.6 Å². The Morgan fingerprint density at radius 1 is 0.309 bits per heavy atom. The molecule has 12 nitrogen and oxygen atoms in total. The fourth-order valence-electron chi connectivity index (χ4n) is 10.9. The third-order valence-corrected chi connectivity index (χ3v) is 13.2. The number of nitrogens with zero attached hydrogens (tertiary/aromatic N) is 10. The number of fused-ring (bicyclic) bond motifs is 20. The summed E-state index contributed by atoms with van der Waals surface area (Å²) >= 11 is 0. The second kappa shape index (κ2) is 15.5. The number of H-pyrrole nitrogens is 2. The Morgan fingerprint density at radius 3 is 0.838 bits per heavy atom. The quantitative estimate of drug-likeness (QED) is 0.176. The van der Waals surface area contributed by atoms with Gasteiger partial charge >= 0.3 is 0 Å². The molecule has 2 aliphatic rings. The molecule has 0 spiro atoms. The fraction of sp³-hybridized carbons (Fsp3) is 0.429. The molecule has 0 amide bonds. The van der Waals surface area contributed by atoms with Crippen molar-refractivity contribution in [3.05, 3.63) is 70.8 Å². The van der Waals surface area contributed by atoms with E-state index in [2.05, 4.69) is 193 Å². The molecule has 0 saturated heterocycles. The molecule has 5 heterocycles. The van der Waals surface area contributed by atoms with E-state index < -0.39 is 0 Å². The first-order valence-corrected chi connectivity index (χ1v) is 23.8. The molecule has 0 saturated carbocycles. The lowest BCUT2D eigenvalue weighted by Gasteiger charge is -2.41. The lowest BCUT2D eigenvalue weighted by Crippen LogP contribution is -2.32. The molecule has 354 valence electrons. The number of rotatable bonds is 4. The first kappa shape index (κ1) is 46.5. The molecular formula is C56H70N12. The highest BCUT2D eigenvalue weighted by Crippen LogP contribution is 2.54. The van der Waals surface area contributed by atoms with Gasteiger partial charge < -0.3 is 29.6 Å². The average Bonchev–Trinajstić information content (AvgIpc) is 3.96. The number of anilines is 4. The van der Waals surface area contributed by atoms with E-state index in [1.807, 2.05) is 24.3 Å².